The maximum absolute atomic E-state index is 5.82. The number of hydrogen-bond donors (Lipinski definition) is 1. The molecule has 2 heteroatoms. The lowest BCUT2D eigenvalue weighted by atomic mass is 10.1. The van der Waals surface area contributed by atoms with Gasteiger partial charge in [-0.1, -0.05) is 23.7 Å². The van der Waals surface area contributed by atoms with Crippen LogP contribution in [0, 0.1) is 0 Å². The summed E-state index contributed by atoms with van der Waals surface area (Å²) in [5.74, 6) is 0.564. The summed E-state index contributed by atoms with van der Waals surface area (Å²) in [6.07, 6.45) is 1.11. The van der Waals surface area contributed by atoms with E-state index in [1.165, 1.54) is 5.56 Å². The smallest absolute Gasteiger partial charge is 0.0408 e. The number of rotatable bonds is 1. The maximum Gasteiger partial charge on any atom is 0.0408 e. The van der Waals surface area contributed by atoms with Crippen molar-refractivity contribution in [1.29, 1.82) is 0 Å². The summed E-state index contributed by atoms with van der Waals surface area (Å²) >= 11 is 5.82. The molecule has 2 atom stereocenters. The zero-order valence-electron chi connectivity index (χ0n) is 6.13. The van der Waals surface area contributed by atoms with Crippen LogP contribution in [0.4, 0.5) is 0 Å². The number of nitrogens with two attached hydrogens (primary N) is 1. The molecule has 2 N–H and O–H groups in total. The summed E-state index contributed by atoms with van der Waals surface area (Å²) in [6, 6.07) is 8.32. The minimum Gasteiger partial charge on any atom is -0.327 e. The molecule has 1 fully saturated rings. The Morgan fingerprint density at radius 3 is 2.73 bits per heavy atom. The third kappa shape index (κ3) is 1.39. The van der Waals surface area contributed by atoms with E-state index in [-0.39, 0.29) is 0 Å². The zero-order valence-corrected chi connectivity index (χ0v) is 6.88. The van der Waals surface area contributed by atoms with Crippen molar-refractivity contribution in [2.24, 2.45) is 5.73 Å². The van der Waals surface area contributed by atoms with Gasteiger partial charge in [0.15, 0.2) is 0 Å². The van der Waals surface area contributed by atoms with Crippen LogP contribution in [-0.4, -0.2) is 6.04 Å². The van der Waals surface area contributed by atoms with E-state index in [0.29, 0.717) is 12.0 Å². The summed E-state index contributed by atoms with van der Waals surface area (Å²) in [6.45, 7) is 0. The molecular weight excluding hydrogens is 158 g/mol. The minimum absolute atomic E-state index is 0.369. The molecule has 0 spiro atoms. The van der Waals surface area contributed by atoms with Crippen LogP contribution in [0.3, 0.4) is 0 Å². The van der Waals surface area contributed by atoms with Crippen molar-refractivity contribution in [3.8, 4) is 0 Å². The maximum atomic E-state index is 5.82. The molecule has 0 aliphatic heterocycles. The summed E-state index contributed by atoms with van der Waals surface area (Å²) in [5.41, 5.74) is 6.99. The highest BCUT2D eigenvalue weighted by molar-refractivity contribution is 6.30. The Morgan fingerprint density at radius 1 is 1.45 bits per heavy atom. The largest absolute Gasteiger partial charge is 0.327 e. The molecule has 1 saturated carbocycles. The molecule has 1 aromatic carbocycles. The van der Waals surface area contributed by atoms with E-state index in [1.54, 1.807) is 0 Å². The SMILES string of the molecule is NC1CC1c1cccc(Cl)c1. The molecule has 2 rings (SSSR count). The van der Waals surface area contributed by atoms with E-state index >= 15 is 0 Å². The molecule has 0 amide bonds. The van der Waals surface area contributed by atoms with Crippen molar-refractivity contribution >= 4 is 11.6 Å². The molecular formula is C9H10ClN. The molecule has 1 aliphatic rings. The highest BCUT2D eigenvalue weighted by Crippen LogP contribution is 2.39. The second-order valence-electron chi connectivity index (χ2n) is 3.06. The fourth-order valence-corrected chi connectivity index (χ4v) is 1.53. The fourth-order valence-electron chi connectivity index (χ4n) is 1.34. The van der Waals surface area contributed by atoms with Gasteiger partial charge in [0.1, 0.15) is 0 Å². The Labute approximate surface area is 71.2 Å². The highest BCUT2D eigenvalue weighted by atomic mass is 35.5. The molecule has 0 aromatic heterocycles. The van der Waals surface area contributed by atoms with E-state index in [9.17, 15) is 0 Å². The first-order valence-corrected chi connectivity index (χ1v) is 4.16. The van der Waals surface area contributed by atoms with Gasteiger partial charge in [-0.2, -0.15) is 0 Å². The van der Waals surface area contributed by atoms with Gasteiger partial charge in [-0.05, 0) is 24.1 Å². The Hall–Kier alpha value is -0.530. The van der Waals surface area contributed by atoms with Gasteiger partial charge in [-0.3, -0.25) is 0 Å². The lowest BCUT2D eigenvalue weighted by Crippen LogP contribution is -2.00. The quantitative estimate of drug-likeness (QED) is 0.682. The molecule has 0 radical (unpaired) electrons. The standard InChI is InChI=1S/C9H10ClN/c10-7-3-1-2-6(4-7)8-5-9(8)11/h1-4,8-9H,5,11H2. The van der Waals surface area contributed by atoms with Crippen molar-refractivity contribution in [2.75, 3.05) is 0 Å². The molecule has 0 bridgehead atoms. The predicted molar refractivity (Wildman–Crippen MR) is 46.8 cm³/mol. The van der Waals surface area contributed by atoms with Crippen LogP contribution in [0.15, 0.2) is 24.3 Å². The summed E-state index contributed by atoms with van der Waals surface area (Å²) < 4.78 is 0. The fraction of sp³-hybridized carbons (Fsp3) is 0.333. The van der Waals surface area contributed by atoms with Gasteiger partial charge in [0, 0.05) is 17.0 Å². The molecule has 0 saturated heterocycles. The van der Waals surface area contributed by atoms with Gasteiger partial charge in [0.25, 0.3) is 0 Å². The molecule has 1 aromatic rings. The highest BCUT2D eigenvalue weighted by Gasteiger charge is 2.34. The second-order valence-corrected chi connectivity index (χ2v) is 3.50. The Balaban J connectivity index is 2.25. The van der Waals surface area contributed by atoms with Crippen molar-refractivity contribution < 1.29 is 0 Å². The zero-order chi connectivity index (χ0) is 7.84. The lowest BCUT2D eigenvalue weighted by molar-refractivity contribution is 0.991. The summed E-state index contributed by atoms with van der Waals surface area (Å²) in [7, 11) is 0. The van der Waals surface area contributed by atoms with Gasteiger partial charge in [-0.25, -0.2) is 0 Å². The second kappa shape index (κ2) is 2.50. The first-order chi connectivity index (χ1) is 5.27. The van der Waals surface area contributed by atoms with Crippen LogP contribution in [0.5, 0.6) is 0 Å². The van der Waals surface area contributed by atoms with Crippen LogP contribution in [0.1, 0.15) is 17.9 Å². The lowest BCUT2D eigenvalue weighted by Gasteiger charge is -1.97. The van der Waals surface area contributed by atoms with Crippen molar-refractivity contribution in [1.82, 2.24) is 0 Å². The van der Waals surface area contributed by atoms with Crippen molar-refractivity contribution in [3.05, 3.63) is 34.9 Å². The van der Waals surface area contributed by atoms with Crippen LogP contribution in [0.2, 0.25) is 5.02 Å². The molecule has 2 unspecified atom stereocenters. The van der Waals surface area contributed by atoms with E-state index < -0.39 is 0 Å². The van der Waals surface area contributed by atoms with Crippen LogP contribution in [0.25, 0.3) is 0 Å². The summed E-state index contributed by atoms with van der Waals surface area (Å²) in [4.78, 5) is 0. The first kappa shape index (κ1) is 7.14. The average molecular weight is 168 g/mol. The Kier molecular flexibility index (Phi) is 1.63. The topological polar surface area (TPSA) is 26.0 Å². The van der Waals surface area contributed by atoms with E-state index in [4.69, 9.17) is 17.3 Å². The van der Waals surface area contributed by atoms with Crippen LogP contribution < -0.4 is 5.73 Å². The van der Waals surface area contributed by atoms with Crippen molar-refractivity contribution in [2.45, 2.75) is 18.4 Å². The van der Waals surface area contributed by atoms with Gasteiger partial charge < -0.3 is 5.73 Å². The first-order valence-electron chi connectivity index (χ1n) is 3.78. The normalized spacial score (nSPS) is 28.5. The molecule has 0 heterocycles. The summed E-state index contributed by atoms with van der Waals surface area (Å²) in [5, 5.41) is 0.807. The number of hydrogen-bond acceptors (Lipinski definition) is 1. The Bertz CT molecular complexity index is 272. The monoisotopic (exact) mass is 167 g/mol. The van der Waals surface area contributed by atoms with E-state index in [2.05, 4.69) is 6.07 Å². The Morgan fingerprint density at radius 2 is 2.18 bits per heavy atom. The van der Waals surface area contributed by atoms with Gasteiger partial charge in [0.05, 0.1) is 0 Å². The van der Waals surface area contributed by atoms with Crippen LogP contribution >= 0.6 is 11.6 Å². The number of benzene rings is 1. The third-order valence-electron chi connectivity index (χ3n) is 2.12. The molecule has 58 valence electrons. The van der Waals surface area contributed by atoms with Gasteiger partial charge in [-0.15, -0.1) is 0 Å². The van der Waals surface area contributed by atoms with Gasteiger partial charge in [0.2, 0.25) is 0 Å². The van der Waals surface area contributed by atoms with Crippen molar-refractivity contribution in [3.63, 3.8) is 0 Å². The van der Waals surface area contributed by atoms with Crippen LogP contribution in [-0.2, 0) is 0 Å². The third-order valence-corrected chi connectivity index (χ3v) is 2.35. The minimum atomic E-state index is 0.369. The molecule has 11 heavy (non-hydrogen) atoms. The number of halogens is 1. The van der Waals surface area contributed by atoms with Gasteiger partial charge >= 0.3 is 0 Å². The predicted octanol–water partition coefficient (Wildman–Crippen LogP) is 2.15. The molecule has 1 aliphatic carbocycles. The molecule has 1 nitrogen and oxygen atoms in total. The average Bonchev–Trinajstić information content (AvgIpc) is 2.67. The van der Waals surface area contributed by atoms with E-state index in [1.807, 2.05) is 18.2 Å². The van der Waals surface area contributed by atoms with E-state index in [0.717, 1.165) is 11.4 Å².